The molecule has 0 aliphatic rings. The summed E-state index contributed by atoms with van der Waals surface area (Å²) in [7, 11) is 0. The molecule has 2 heterocycles. The normalized spacial score (nSPS) is 10.7. The summed E-state index contributed by atoms with van der Waals surface area (Å²) in [5.74, 6) is 0.756. The summed E-state index contributed by atoms with van der Waals surface area (Å²) < 4.78 is 5.55. The second-order valence-electron chi connectivity index (χ2n) is 3.94. The van der Waals surface area contributed by atoms with Crippen LogP contribution in [0.25, 0.3) is 11.1 Å². The number of oxazole rings is 1. The van der Waals surface area contributed by atoms with Gasteiger partial charge in [0.2, 0.25) is 0 Å². The van der Waals surface area contributed by atoms with E-state index in [9.17, 15) is 0 Å². The standard InChI is InChI=1S/C13H12N4O/c1-9-14-7-6-10(16-9)8-15-13-17-11-4-2-3-5-12(11)18-13/h2-7H,8H2,1H3,(H,15,17). The number of benzene rings is 1. The lowest BCUT2D eigenvalue weighted by molar-refractivity contribution is 0.613. The second kappa shape index (κ2) is 4.44. The van der Waals surface area contributed by atoms with E-state index in [1.807, 2.05) is 37.3 Å². The van der Waals surface area contributed by atoms with E-state index in [-0.39, 0.29) is 0 Å². The second-order valence-corrected chi connectivity index (χ2v) is 3.94. The fourth-order valence-corrected chi connectivity index (χ4v) is 1.72. The molecule has 5 heteroatoms. The Kier molecular flexibility index (Phi) is 2.64. The predicted octanol–water partition coefficient (Wildman–Crippen LogP) is 2.54. The van der Waals surface area contributed by atoms with Crippen LogP contribution < -0.4 is 5.32 Å². The Balaban J connectivity index is 1.76. The third kappa shape index (κ3) is 2.15. The van der Waals surface area contributed by atoms with Crippen LogP contribution in [0.1, 0.15) is 11.5 Å². The fraction of sp³-hybridized carbons (Fsp3) is 0.154. The molecule has 1 aromatic carbocycles. The van der Waals surface area contributed by atoms with Crippen molar-refractivity contribution in [3.05, 3.63) is 48.0 Å². The molecule has 0 unspecified atom stereocenters. The summed E-state index contributed by atoms with van der Waals surface area (Å²) in [5.41, 5.74) is 2.53. The fourth-order valence-electron chi connectivity index (χ4n) is 1.72. The Morgan fingerprint density at radius 2 is 2.06 bits per heavy atom. The van der Waals surface area contributed by atoms with Crippen molar-refractivity contribution in [1.82, 2.24) is 15.0 Å². The first-order chi connectivity index (χ1) is 8.81. The molecule has 0 aliphatic carbocycles. The molecule has 0 saturated carbocycles. The van der Waals surface area contributed by atoms with Crippen LogP contribution in [0.5, 0.6) is 0 Å². The molecule has 5 nitrogen and oxygen atoms in total. The molecule has 0 fully saturated rings. The summed E-state index contributed by atoms with van der Waals surface area (Å²) in [6, 6.07) is 10.0. The molecular formula is C13H12N4O. The minimum Gasteiger partial charge on any atom is -0.424 e. The highest BCUT2D eigenvalue weighted by molar-refractivity contribution is 5.74. The highest BCUT2D eigenvalue weighted by Crippen LogP contribution is 2.18. The SMILES string of the molecule is Cc1nccc(CNc2nc3ccccc3o2)n1. The van der Waals surface area contributed by atoms with Crippen molar-refractivity contribution in [2.45, 2.75) is 13.5 Å². The van der Waals surface area contributed by atoms with E-state index in [0.29, 0.717) is 12.6 Å². The van der Waals surface area contributed by atoms with Crippen molar-refractivity contribution in [3.8, 4) is 0 Å². The molecule has 18 heavy (non-hydrogen) atoms. The average molecular weight is 240 g/mol. The Labute approximate surface area is 104 Å². The van der Waals surface area contributed by atoms with Crippen molar-refractivity contribution < 1.29 is 4.42 Å². The molecule has 0 saturated heterocycles. The van der Waals surface area contributed by atoms with Gasteiger partial charge in [0, 0.05) is 6.20 Å². The maximum absolute atomic E-state index is 5.55. The number of hydrogen-bond acceptors (Lipinski definition) is 5. The van der Waals surface area contributed by atoms with Crippen LogP contribution in [-0.2, 0) is 6.54 Å². The van der Waals surface area contributed by atoms with E-state index in [1.165, 1.54) is 0 Å². The van der Waals surface area contributed by atoms with Gasteiger partial charge < -0.3 is 9.73 Å². The number of hydrogen-bond donors (Lipinski definition) is 1. The van der Waals surface area contributed by atoms with Gasteiger partial charge in [-0.25, -0.2) is 9.97 Å². The summed E-state index contributed by atoms with van der Waals surface area (Å²) in [6.07, 6.45) is 1.74. The van der Waals surface area contributed by atoms with Gasteiger partial charge in [0.1, 0.15) is 11.3 Å². The third-order valence-electron chi connectivity index (χ3n) is 2.55. The number of fused-ring (bicyclic) bond motifs is 1. The van der Waals surface area contributed by atoms with Gasteiger partial charge in [-0.05, 0) is 25.1 Å². The first-order valence-electron chi connectivity index (χ1n) is 5.69. The zero-order chi connectivity index (χ0) is 12.4. The molecule has 0 amide bonds. The number of aryl methyl sites for hydroxylation is 1. The smallest absolute Gasteiger partial charge is 0.296 e. The zero-order valence-electron chi connectivity index (χ0n) is 9.92. The lowest BCUT2D eigenvalue weighted by Gasteiger charge is -2.01. The van der Waals surface area contributed by atoms with E-state index in [4.69, 9.17) is 4.42 Å². The number of nitrogens with zero attached hydrogens (tertiary/aromatic N) is 3. The number of nitrogens with one attached hydrogen (secondary N) is 1. The minimum absolute atomic E-state index is 0.507. The number of para-hydroxylation sites is 2. The van der Waals surface area contributed by atoms with Crippen molar-refractivity contribution in [3.63, 3.8) is 0 Å². The van der Waals surface area contributed by atoms with Crippen LogP contribution in [0.3, 0.4) is 0 Å². The van der Waals surface area contributed by atoms with Gasteiger partial charge in [0.15, 0.2) is 5.58 Å². The Morgan fingerprint density at radius 1 is 1.17 bits per heavy atom. The quantitative estimate of drug-likeness (QED) is 0.762. The van der Waals surface area contributed by atoms with Gasteiger partial charge in [-0.2, -0.15) is 4.98 Å². The molecule has 2 aromatic heterocycles. The summed E-state index contributed by atoms with van der Waals surface area (Å²) in [5, 5.41) is 3.11. The molecule has 3 rings (SSSR count). The van der Waals surface area contributed by atoms with Gasteiger partial charge in [0.05, 0.1) is 12.2 Å². The van der Waals surface area contributed by atoms with Gasteiger partial charge in [-0.1, -0.05) is 12.1 Å². The van der Waals surface area contributed by atoms with Crippen LogP contribution in [0.2, 0.25) is 0 Å². The third-order valence-corrected chi connectivity index (χ3v) is 2.55. The number of rotatable bonds is 3. The lowest BCUT2D eigenvalue weighted by Crippen LogP contribution is -2.03. The first kappa shape index (κ1) is 10.7. The monoisotopic (exact) mass is 240 g/mol. The average Bonchev–Trinajstić information content (AvgIpc) is 2.79. The van der Waals surface area contributed by atoms with E-state index in [0.717, 1.165) is 22.6 Å². The van der Waals surface area contributed by atoms with Crippen LogP contribution in [-0.4, -0.2) is 15.0 Å². The predicted molar refractivity (Wildman–Crippen MR) is 68.1 cm³/mol. The van der Waals surface area contributed by atoms with Crippen LogP contribution in [0.15, 0.2) is 40.9 Å². The van der Waals surface area contributed by atoms with Crippen molar-refractivity contribution in [2.75, 3.05) is 5.32 Å². The summed E-state index contributed by atoms with van der Waals surface area (Å²) in [4.78, 5) is 12.7. The van der Waals surface area contributed by atoms with E-state index in [1.54, 1.807) is 6.20 Å². The van der Waals surface area contributed by atoms with Crippen molar-refractivity contribution >= 4 is 17.1 Å². The van der Waals surface area contributed by atoms with E-state index in [2.05, 4.69) is 20.3 Å². The maximum Gasteiger partial charge on any atom is 0.296 e. The Morgan fingerprint density at radius 3 is 2.89 bits per heavy atom. The molecule has 1 N–H and O–H groups in total. The zero-order valence-corrected chi connectivity index (χ0v) is 9.92. The summed E-state index contributed by atoms with van der Waals surface area (Å²) in [6.45, 7) is 2.43. The summed E-state index contributed by atoms with van der Waals surface area (Å²) >= 11 is 0. The maximum atomic E-state index is 5.55. The van der Waals surface area contributed by atoms with E-state index >= 15 is 0 Å². The van der Waals surface area contributed by atoms with Crippen LogP contribution in [0, 0.1) is 6.92 Å². The van der Waals surface area contributed by atoms with Crippen molar-refractivity contribution in [1.29, 1.82) is 0 Å². The van der Waals surface area contributed by atoms with Crippen molar-refractivity contribution in [2.24, 2.45) is 0 Å². The van der Waals surface area contributed by atoms with Gasteiger partial charge in [0.25, 0.3) is 6.01 Å². The van der Waals surface area contributed by atoms with Crippen LogP contribution >= 0.6 is 0 Å². The molecule has 0 atom stereocenters. The van der Waals surface area contributed by atoms with Gasteiger partial charge in [-0.3, -0.25) is 0 Å². The Bertz CT molecular complexity index is 644. The highest BCUT2D eigenvalue weighted by atomic mass is 16.4. The molecular weight excluding hydrogens is 228 g/mol. The molecule has 0 bridgehead atoms. The number of anilines is 1. The van der Waals surface area contributed by atoms with Gasteiger partial charge >= 0.3 is 0 Å². The Hall–Kier alpha value is -2.43. The van der Waals surface area contributed by atoms with E-state index < -0.39 is 0 Å². The van der Waals surface area contributed by atoms with Crippen LogP contribution in [0.4, 0.5) is 6.01 Å². The van der Waals surface area contributed by atoms with Gasteiger partial charge in [-0.15, -0.1) is 0 Å². The molecule has 0 radical (unpaired) electrons. The highest BCUT2D eigenvalue weighted by Gasteiger charge is 2.04. The molecule has 3 aromatic rings. The lowest BCUT2D eigenvalue weighted by atomic mass is 10.3. The largest absolute Gasteiger partial charge is 0.424 e. The molecule has 0 aliphatic heterocycles. The first-order valence-corrected chi connectivity index (χ1v) is 5.69. The molecule has 0 spiro atoms. The number of aromatic nitrogens is 3. The molecule has 90 valence electrons. The minimum atomic E-state index is 0.507. The topological polar surface area (TPSA) is 63.8 Å².